The molecule has 26 heavy (non-hydrogen) atoms. The van der Waals surface area contributed by atoms with Gasteiger partial charge in [-0.15, -0.1) is 0 Å². The molecule has 1 aliphatic heterocycles. The summed E-state index contributed by atoms with van der Waals surface area (Å²) in [6.45, 7) is -0.152. The summed E-state index contributed by atoms with van der Waals surface area (Å²) in [4.78, 5) is 24.6. The Morgan fingerprint density at radius 3 is 2.23 bits per heavy atom. The van der Waals surface area contributed by atoms with Gasteiger partial charge in [-0.3, -0.25) is 4.90 Å². The molecule has 2 aromatic carbocycles. The Morgan fingerprint density at radius 2 is 1.65 bits per heavy atom. The van der Waals surface area contributed by atoms with Gasteiger partial charge in [-0.1, -0.05) is 48.5 Å². The molecule has 0 spiro atoms. The van der Waals surface area contributed by atoms with E-state index in [4.69, 9.17) is 4.74 Å². The molecule has 1 fully saturated rings. The Hall–Kier alpha value is -2.89. The van der Waals surface area contributed by atoms with Crippen LogP contribution in [0.4, 0.5) is 9.18 Å². The SMILES string of the molecule is O=C(O)[C@H]1C[C@@H](F)CN1C(=O)OCC1c2ccccc2-c2ccccc21. The second kappa shape index (κ2) is 6.44. The Balaban J connectivity index is 1.53. The van der Waals surface area contributed by atoms with E-state index in [2.05, 4.69) is 0 Å². The zero-order chi connectivity index (χ0) is 18.3. The molecule has 1 N–H and O–H groups in total. The predicted octanol–water partition coefficient (Wildman–Crippen LogP) is 3.43. The first kappa shape index (κ1) is 16.6. The van der Waals surface area contributed by atoms with Crippen LogP contribution in [0.3, 0.4) is 0 Å². The van der Waals surface area contributed by atoms with Crippen LogP contribution in [0.25, 0.3) is 11.1 Å². The van der Waals surface area contributed by atoms with Gasteiger partial charge in [0.1, 0.15) is 18.8 Å². The normalized spacial score (nSPS) is 21.3. The maximum Gasteiger partial charge on any atom is 0.410 e. The highest BCUT2D eigenvalue weighted by atomic mass is 19.1. The van der Waals surface area contributed by atoms with Crippen LogP contribution in [0.1, 0.15) is 23.5 Å². The number of hydrogen-bond acceptors (Lipinski definition) is 3. The summed E-state index contributed by atoms with van der Waals surface area (Å²) in [5, 5.41) is 9.17. The summed E-state index contributed by atoms with van der Waals surface area (Å²) >= 11 is 0. The van der Waals surface area contributed by atoms with Gasteiger partial charge in [-0.2, -0.15) is 0 Å². The zero-order valence-electron chi connectivity index (χ0n) is 14.0. The largest absolute Gasteiger partial charge is 0.480 e. The van der Waals surface area contributed by atoms with E-state index in [-0.39, 0.29) is 25.5 Å². The molecule has 2 aromatic rings. The number of hydrogen-bond donors (Lipinski definition) is 1. The molecule has 1 saturated heterocycles. The van der Waals surface area contributed by atoms with Crippen molar-refractivity contribution in [2.45, 2.75) is 24.6 Å². The minimum Gasteiger partial charge on any atom is -0.480 e. The average molecular weight is 355 g/mol. The topological polar surface area (TPSA) is 66.8 Å². The van der Waals surface area contributed by atoms with E-state index in [1.807, 2.05) is 48.5 Å². The molecule has 1 heterocycles. The molecule has 2 aliphatic rings. The molecule has 0 bridgehead atoms. The number of ether oxygens (including phenoxy) is 1. The Kier molecular flexibility index (Phi) is 4.11. The number of rotatable bonds is 3. The number of alkyl halides is 1. The van der Waals surface area contributed by atoms with Crippen molar-refractivity contribution in [1.82, 2.24) is 4.90 Å². The van der Waals surface area contributed by atoms with Crippen LogP contribution in [0.5, 0.6) is 0 Å². The smallest absolute Gasteiger partial charge is 0.410 e. The van der Waals surface area contributed by atoms with Crippen LogP contribution in [-0.2, 0) is 9.53 Å². The third kappa shape index (κ3) is 2.71. The molecule has 0 unspecified atom stereocenters. The zero-order valence-corrected chi connectivity index (χ0v) is 14.0. The lowest BCUT2D eigenvalue weighted by atomic mass is 9.98. The van der Waals surface area contributed by atoms with Gasteiger partial charge in [-0.05, 0) is 22.3 Å². The molecule has 134 valence electrons. The quantitative estimate of drug-likeness (QED) is 0.916. The molecule has 6 heteroatoms. The third-order valence-corrected chi connectivity index (χ3v) is 5.11. The van der Waals surface area contributed by atoms with Crippen LogP contribution in [0.2, 0.25) is 0 Å². The number of halogens is 1. The van der Waals surface area contributed by atoms with Crippen LogP contribution in [0, 0.1) is 0 Å². The van der Waals surface area contributed by atoms with E-state index < -0.39 is 24.3 Å². The second-order valence-corrected chi connectivity index (χ2v) is 6.64. The molecular weight excluding hydrogens is 337 g/mol. The van der Waals surface area contributed by atoms with E-state index in [0.717, 1.165) is 27.2 Å². The van der Waals surface area contributed by atoms with Gasteiger partial charge >= 0.3 is 12.1 Å². The lowest BCUT2D eigenvalue weighted by Gasteiger charge is -2.22. The Morgan fingerprint density at radius 1 is 1.08 bits per heavy atom. The number of carboxylic acids is 1. The number of nitrogens with zero attached hydrogens (tertiary/aromatic N) is 1. The number of carbonyl (C=O) groups is 2. The highest BCUT2D eigenvalue weighted by Crippen LogP contribution is 2.44. The summed E-state index contributed by atoms with van der Waals surface area (Å²) < 4.78 is 19.0. The third-order valence-electron chi connectivity index (χ3n) is 5.11. The number of likely N-dealkylation sites (tertiary alicyclic amines) is 1. The van der Waals surface area contributed by atoms with Crippen LogP contribution in [-0.4, -0.2) is 47.4 Å². The van der Waals surface area contributed by atoms with Crippen LogP contribution in [0.15, 0.2) is 48.5 Å². The minimum atomic E-state index is -1.34. The standard InChI is InChI=1S/C20H18FNO4/c21-12-9-18(19(23)24)22(10-12)20(25)26-11-17-15-7-3-1-5-13(15)14-6-2-4-8-16(14)17/h1-8,12,17-18H,9-11H2,(H,23,24)/t12-,18-/m1/s1. The molecule has 5 nitrogen and oxygen atoms in total. The van der Waals surface area contributed by atoms with E-state index in [9.17, 15) is 19.1 Å². The summed E-state index contributed by atoms with van der Waals surface area (Å²) in [5.41, 5.74) is 4.36. The van der Waals surface area contributed by atoms with Gasteiger partial charge in [0.25, 0.3) is 0 Å². The van der Waals surface area contributed by atoms with Crippen molar-refractivity contribution in [3.63, 3.8) is 0 Å². The van der Waals surface area contributed by atoms with Crippen molar-refractivity contribution in [3.05, 3.63) is 59.7 Å². The van der Waals surface area contributed by atoms with E-state index in [1.54, 1.807) is 0 Å². The van der Waals surface area contributed by atoms with Gasteiger partial charge in [0.2, 0.25) is 0 Å². The van der Waals surface area contributed by atoms with Crippen LogP contribution < -0.4 is 0 Å². The van der Waals surface area contributed by atoms with Gasteiger partial charge in [-0.25, -0.2) is 14.0 Å². The first-order valence-electron chi connectivity index (χ1n) is 8.54. The predicted molar refractivity (Wildman–Crippen MR) is 92.7 cm³/mol. The lowest BCUT2D eigenvalue weighted by molar-refractivity contribution is -0.141. The summed E-state index contributed by atoms with van der Waals surface area (Å²) in [5.74, 6) is -1.32. The fourth-order valence-electron chi connectivity index (χ4n) is 3.90. The molecule has 0 saturated carbocycles. The molecule has 4 rings (SSSR count). The van der Waals surface area contributed by atoms with Crippen molar-refractivity contribution in [3.8, 4) is 11.1 Å². The monoisotopic (exact) mass is 355 g/mol. The van der Waals surface area contributed by atoms with Gasteiger partial charge in [0.15, 0.2) is 0 Å². The van der Waals surface area contributed by atoms with E-state index >= 15 is 0 Å². The summed E-state index contributed by atoms with van der Waals surface area (Å²) in [6.07, 6.45) is -2.31. The summed E-state index contributed by atoms with van der Waals surface area (Å²) in [7, 11) is 0. The second-order valence-electron chi connectivity index (χ2n) is 6.64. The van der Waals surface area contributed by atoms with Gasteiger partial charge in [0.05, 0.1) is 6.54 Å². The molecule has 1 aliphatic carbocycles. The number of benzene rings is 2. The lowest BCUT2D eigenvalue weighted by Crippen LogP contribution is -2.41. The van der Waals surface area contributed by atoms with Crippen molar-refractivity contribution in [2.24, 2.45) is 0 Å². The molecule has 1 amide bonds. The van der Waals surface area contributed by atoms with E-state index in [1.165, 1.54) is 0 Å². The van der Waals surface area contributed by atoms with Crippen LogP contribution >= 0.6 is 0 Å². The first-order chi connectivity index (χ1) is 12.6. The van der Waals surface area contributed by atoms with Gasteiger partial charge < -0.3 is 9.84 Å². The molecule has 0 radical (unpaired) electrons. The van der Waals surface area contributed by atoms with E-state index in [0.29, 0.717) is 0 Å². The molecule has 0 aromatic heterocycles. The Labute approximate surface area is 150 Å². The fourth-order valence-corrected chi connectivity index (χ4v) is 3.90. The number of carboxylic acid groups (broad SMARTS) is 1. The number of fused-ring (bicyclic) bond motifs is 3. The summed E-state index contributed by atoms with van der Waals surface area (Å²) in [6, 6.07) is 14.7. The average Bonchev–Trinajstić information content (AvgIpc) is 3.18. The maximum absolute atomic E-state index is 13.6. The fraction of sp³-hybridized carbons (Fsp3) is 0.300. The van der Waals surface area contributed by atoms with Gasteiger partial charge in [0, 0.05) is 12.3 Å². The van der Waals surface area contributed by atoms with Crippen molar-refractivity contribution < 1.29 is 23.8 Å². The van der Waals surface area contributed by atoms with Crippen molar-refractivity contribution in [1.29, 1.82) is 0 Å². The minimum absolute atomic E-state index is 0.0899. The first-order valence-corrected chi connectivity index (χ1v) is 8.54. The molecular formula is C20H18FNO4. The Bertz CT molecular complexity index is 823. The highest BCUT2D eigenvalue weighted by Gasteiger charge is 2.41. The number of amides is 1. The maximum atomic E-state index is 13.6. The van der Waals surface area contributed by atoms with Crippen molar-refractivity contribution in [2.75, 3.05) is 13.2 Å². The highest BCUT2D eigenvalue weighted by molar-refractivity contribution is 5.81. The molecule has 2 atom stereocenters. The van der Waals surface area contributed by atoms with Crippen molar-refractivity contribution >= 4 is 12.1 Å². The number of carbonyl (C=O) groups excluding carboxylic acids is 1. The number of aliphatic carboxylic acids is 1.